The summed E-state index contributed by atoms with van der Waals surface area (Å²) in [6.45, 7) is 2.54. The number of nitrogens with one attached hydrogen (secondary N) is 2. The first-order chi connectivity index (χ1) is 8.12. The van der Waals surface area contributed by atoms with E-state index in [-0.39, 0.29) is 23.6 Å². The van der Waals surface area contributed by atoms with E-state index in [1.165, 1.54) is 0 Å². The van der Waals surface area contributed by atoms with Gasteiger partial charge in [-0.1, -0.05) is 6.92 Å². The summed E-state index contributed by atoms with van der Waals surface area (Å²) in [4.78, 5) is 11.8. The summed E-state index contributed by atoms with van der Waals surface area (Å²) in [6, 6.07) is 0. The zero-order valence-corrected chi connectivity index (χ0v) is 9.92. The molecule has 5 N–H and O–H groups in total. The molecule has 6 nitrogen and oxygen atoms in total. The number of nitrogens with two attached hydrogens (primary N) is 1. The molecule has 94 valence electrons. The van der Waals surface area contributed by atoms with E-state index in [1.807, 2.05) is 6.92 Å². The molecule has 1 aromatic heterocycles. The number of H-pyrrole nitrogens is 1. The summed E-state index contributed by atoms with van der Waals surface area (Å²) in [7, 11) is 0. The number of aromatic amines is 1. The van der Waals surface area contributed by atoms with Crippen LogP contribution in [0.5, 0.6) is 0 Å². The number of nitrogen functional groups attached to an aromatic ring is 1. The summed E-state index contributed by atoms with van der Waals surface area (Å²) in [6.07, 6.45) is 2.63. The number of carbonyl (C=O) groups excluding carboxylic acids is 1. The summed E-state index contributed by atoms with van der Waals surface area (Å²) in [5.74, 6) is -0.279. The number of carbonyl (C=O) groups is 1. The maximum Gasteiger partial charge on any atom is 0.273 e. The van der Waals surface area contributed by atoms with Gasteiger partial charge >= 0.3 is 0 Å². The van der Waals surface area contributed by atoms with E-state index in [0.29, 0.717) is 18.7 Å². The minimum Gasteiger partial charge on any atom is -0.396 e. The number of rotatable bonds is 5. The van der Waals surface area contributed by atoms with Gasteiger partial charge in [-0.15, -0.1) is 0 Å². The van der Waals surface area contributed by atoms with E-state index in [0.717, 1.165) is 18.5 Å². The highest BCUT2D eigenvalue weighted by Crippen LogP contribution is 2.44. The molecule has 1 amide bonds. The average molecular weight is 238 g/mol. The number of aliphatic hydroxyl groups is 1. The minimum absolute atomic E-state index is 0.103. The minimum atomic E-state index is -0.279. The summed E-state index contributed by atoms with van der Waals surface area (Å²) in [5, 5.41) is 18.6. The number of hydrogen-bond acceptors (Lipinski definition) is 4. The van der Waals surface area contributed by atoms with E-state index in [2.05, 4.69) is 15.5 Å². The van der Waals surface area contributed by atoms with E-state index >= 15 is 0 Å². The second kappa shape index (κ2) is 4.37. The highest BCUT2D eigenvalue weighted by atomic mass is 16.3. The van der Waals surface area contributed by atoms with Crippen molar-refractivity contribution in [2.75, 3.05) is 18.9 Å². The number of aliphatic hydroxyl groups excluding tert-OH is 1. The molecule has 1 heterocycles. The van der Waals surface area contributed by atoms with Gasteiger partial charge in [0.1, 0.15) is 0 Å². The van der Waals surface area contributed by atoms with Crippen LogP contribution in [0.3, 0.4) is 0 Å². The lowest BCUT2D eigenvalue weighted by molar-refractivity contribution is 0.0931. The largest absolute Gasteiger partial charge is 0.396 e. The molecule has 17 heavy (non-hydrogen) atoms. The standard InChI is InChI=1S/C11H18N4O2/c1-2-7-8(12)9(15-14-7)10(17)13-5-11(6-16)3-4-11/h16H,2-6,12H2,1H3,(H,13,17)(H,14,15). The normalized spacial score (nSPS) is 16.8. The smallest absolute Gasteiger partial charge is 0.273 e. The Balaban J connectivity index is 1.97. The molecule has 0 aliphatic heterocycles. The van der Waals surface area contributed by atoms with Gasteiger partial charge in [-0.05, 0) is 19.3 Å². The molecule has 0 saturated heterocycles. The quantitative estimate of drug-likeness (QED) is 0.582. The van der Waals surface area contributed by atoms with Crippen molar-refractivity contribution >= 4 is 11.6 Å². The predicted molar refractivity (Wildman–Crippen MR) is 63.5 cm³/mol. The molecular formula is C11H18N4O2. The summed E-state index contributed by atoms with van der Waals surface area (Å²) in [5.41, 5.74) is 7.13. The number of hydrogen-bond donors (Lipinski definition) is 4. The van der Waals surface area contributed by atoms with Crippen LogP contribution in [0.25, 0.3) is 0 Å². The van der Waals surface area contributed by atoms with Crippen molar-refractivity contribution < 1.29 is 9.90 Å². The van der Waals surface area contributed by atoms with Crippen molar-refractivity contribution in [2.45, 2.75) is 26.2 Å². The van der Waals surface area contributed by atoms with Crippen molar-refractivity contribution in [3.8, 4) is 0 Å². The van der Waals surface area contributed by atoms with Crippen molar-refractivity contribution in [1.29, 1.82) is 0 Å². The first kappa shape index (κ1) is 11.9. The number of anilines is 1. The fourth-order valence-corrected chi connectivity index (χ4v) is 1.75. The molecule has 0 spiro atoms. The number of aromatic nitrogens is 2. The zero-order valence-electron chi connectivity index (χ0n) is 9.92. The highest BCUT2D eigenvalue weighted by Gasteiger charge is 2.42. The molecule has 1 saturated carbocycles. The Labute approximate surface area is 99.6 Å². The molecule has 0 unspecified atom stereocenters. The molecule has 0 aromatic carbocycles. The van der Waals surface area contributed by atoms with Crippen LogP contribution in [-0.4, -0.2) is 34.4 Å². The van der Waals surface area contributed by atoms with Crippen LogP contribution in [0.4, 0.5) is 5.69 Å². The highest BCUT2D eigenvalue weighted by molar-refractivity contribution is 5.97. The van der Waals surface area contributed by atoms with Gasteiger partial charge < -0.3 is 16.2 Å². The molecule has 6 heteroatoms. The number of aryl methyl sites for hydroxylation is 1. The third-order valence-electron chi connectivity index (χ3n) is 3.37. The zero-order chi connectivity index (χ0) is 12.5. The van der Waals surface area contributed by atoms with Crippen LogP contribution in [0.15, 0.2) is 0 Å². The van der Waals surface area contributed by atoms with E-state index in [9.17, 15) is 4.79 Å². The Kier molecular flexibility index (Phi) is 3.06. The Morgan fingerprint density at radius 2 is 2.35 bits per heavy atom. The first-order valence-corrected chi connectivity index (χ1v) is 5.83. The van der Waals surface area contributed by atoms with Gasteiger partial charge in [0, 0.05) is 12.0 Å². The third-order valence-corrected chi connectivity index (χ3v) is 3.37. The molecule has 0 atom stereocenters. The average Bonchev–Trinajstić information content (AvgIpc) is 3.03. The fraction of sp³-hybridized carbons (Fsp3) is 0.636. The Morgan fingerprint density at radius 1 is 1.65 bits per heavy atom. The Morgan fingerprint density at radius 3 is 2.82 bits per heavy atom. The second-order valence-electron chi connectivity index (χ2n) is 4.66. The number of amides is 1. The molecule has 1 aliphatic carbocycles. The molecule has 1 aromatic rings. The Hall–Kier alpha value is -1.56. The first-order valence-electron chi connectivity index (χ1n) is 5.83. The van der Waals surface area contributed by atoms with Gasteiger partial charge in [-0.2, -0.15) is 5.10 Å². The molecule has 2 rings (SSSR count). The fourth-order valence-electron chi connectivity index (χ4n) is 1.75. The van der Waals surface area contributed by atoms with Gasteiger partial charge in [0.05, 0.1) is 18.0 Å². The van der Waals surface area contributed by atoms with Crippen LogP contribution in [0.1, 0.15) is 35.9 Å². The topological polar surface area (TPSA) is 104 Å². The SMILES string of the molecule is CCc1[nH]nc(C(=O)NCC2(CO)CC2)c1N. The van der Waals surface area contributed by atoms with Gasteiger partial charge in [-0.3, -0.25) is 9.89 Å². The maximum atomic E-state index is 11.8. The van der Waals surface area contributed by atoms with E-state index in [4.69, 9.17) is 10.8 Å². The van der Waals surface area contributed by atoms with Crippen LogP contribution >= 0.6 is 0 Å². The molecular weight excluding hydrogens is 220 g/mol. The van der Waals surface area contributed by atoms with Gasteiger partial charge in [-0.25, -0.2) is 0 Å². The van der Waals surface area contributed by atoms with Crippen molar-refractivity contribution in [3.05, 3.63) is 11.4 Å². The van der Waals surface area contributed by atoms with Crippen LogP contribution in [-0.2, 0) is 6.42 Å². The van der Waals surface area contributed by atoms with E-state index < -0.39 is 0 Å². The van der Waals surface area contributed by atoms with Crippen molar-refractivity contribution in [1.82, 2.24) is 15.5 Å². The van der Waals surface area contributed by atoms with Gasteiger partial charge in [0.25, 0.3) is 5.91 Å². The predicted octanol–water partition coefficient (Wildman–Crippen LogP) is 0.0566. The van der Waals surface area contributed by atoms with Gasteiger partial charge in [0.15, 0.2) is 5.69 Å². The van der Waals surface area contributed by atoms with Crippen LogP contribution in [0, 0.1) is 5.41 Å². The van der Waals surface area contributed by atoms with Crippen LogP contribution < -0.4 is 11.1 Å². The second-order valence-corrected chi connectivity index (χ2v) is 4.66. The lowest BCUT2D eigenvalue weighted by Gasteiger charge is -2.11. The van der Waals surface area contributed by atoms with Gasteiger partial charge in [0.2, 0.25) is 0 Å². The molecule has 1 aliphatic rings. The van der Waals surface area contributed by atoms with Crippen LogP contribution in [0.2, 0.25) is 0 Å². The third kappa shape index (κ3) is 2.26. The number of nitrogens with zero attached hydrogens (tertiary/aromatic N) is 1. The monoisotopic (exact) mass is 238 g/mol. The molecule has 0 bridgehead atoms. The lowest BCUT2D eigenvalue weighted by Crippen LogP contribution is -2.32. The molecule has 1 fully saturated rings. The van der Waals surface area contributed by atoms with Crippen molar-refractivity contribution in [3.63, 3.8) is 0 Å². The lowest BCUT2D eigenvalue weighted by atomic mass is 10.1. The van der Waals surface area contributed by atoms with Crippen molar-refractivity contribution in [2.24, 2.45) is 5.41 Å². The molecule has 0 radical (unpaired) electrons. The summed E-state index contributed by atoms with van der Waals surface area (Å²) >= 11 is 0. The maximum absolute atomic E-state index is 11.8. The summed E-state index contributed by atoms with van der Waals surface area (Å²) < 4.78 is 0. The van der Waals surface area contributed by atoms with E-state index in [1.54, 1.807) is 0 Å². The Bertz CT molecular complexity index is 423.